The lowest BCUT2D eigenvalue weighted by atomic mass is 10.0. The molecule has 1 aliphatic carbocycles. The molecular weight excluding hydrogens is 318 g/mol. The molecule has 0 aromatic heterocycles. The Labute approximate surface area is 146 Å². The number of benzene rings is 2. The minimum absolute atomic E-state index is 0.106. The number of hydrogen-bond donors (Lipinski definition) is 2. The van der Waals surface area contributed by atoms with Gasteiger partial charge in [0.1, 0.15) is 12.6 Å². The summed E-state index contributed by atoms with van der Waals surface area (Å²) in [6.45, 7) is 0.106. The predicted molar refractivity (Wildman–Crippen MR) is 93.3 cm³/mol. The molecule has 0 spiro atoms. The van der Waals surface area contributed by atoms with Gasteiger partial charge in [-0.15, -0.1) is 0 Å². The Hall–Kier alpha value is -2.82. The van der Waals surface area contributed by atoms with Gasteiger partial charge in [0, 0.05) is 6.42 Å². The van der Waals surface area contributed by atoms with E-state index in [1.54, 1.807) is 0 Å². The van der Waals surface area contributed by atoms with Crippen molar-refractivity contribution < 1.29 is 19.4 Å². The van der Waals surface area contributed by atoms with Crippen LogP contribution >= 0.6 is 0 Å². The molecule has 25 heavy (non-hydrogen) atoms. The van der Waals surface area contributed by atoms with Crippen molar-refractivity contribution in [2.75, 3.05) is 0 Å². The number of alkyl carbamates (subject to hydrolysis) is 1. The van der Waals surface area contributed by atoms with Gasteiger partial charge in [-0.25, -0.2) is 9.59 Å². The van der Waals surface area contributed by atoms with Gasteiger partial charge >= 0.3 is 12.1 Å². The number of amides is 1. The molecule has 1 amide bonds. The highest BCUT2D eigenvalue weighted by atomic mass is 16.5. The van der Waals surface area contributed by atoms with E-state index in [9.17, 15) is 14.7 Å². The molecule has 1 atom stereocenters. The number of hydrogen-bond acceptors (Lipinski definition) is 3. The van der Waals surface area contributed by atoms with Gasteiger partial charge in [0.15, 0.2) is 0 Å². The third-order valence-corrected chi connectivity index (χ3v) is 4.27. The summed E-state index contributed by atoms with van der Waals surface area (Å²) in [7, 11) is 0. The highest BCUT2D eigenvalue weighted by Gasteiger charge is 2.24. The topological polar surface area (TPSA) is 75.6 Å². The first-order chi connectivity index (χ1) is 12.1. The van der Waals surface area contributed by atoms with E-state index in [0.717, 1.165) is 11.1 Å². The molecule has 1 fully saturated rings. The van der Waals surface area contributed by atoms with Gasteiger partial charge in [0.2, 0.25) is 0 Å². The third-order valence-electron chi connectivity index (χ3n) is 4.27. The summed E-state index contributed by atoms with van der Waals surface area (Å²) in [6, 6.07) is 16.2. The van der Waals surface area contributed by atoms with Gasteiger partial charge in [-0.2, -0.15) is 0 Å². The van der Waals surface area contributed by atoms with Gasteiger partial charge in [-0.05, 0) is 35.4 Å². The minimum atomic E-state index is -1.08. The molecule has 0 aliphatic heterocycles. The monoisotopic (exact) mass is 339 g/mol. The maximum atomic E-state index is 11.9. The van der Waals surface area contributed by atoms with Crippen LogP contribution in [0.1, 0.15) is 35.4 Å². The largest absolute Gasteiger partial charge is 0.480 e. The fourth-order valence-electron chi connectivity index (χ4n) is 2.69. The SMILES string of the molecule is O=C(NC(Cc1ccc(C2CC2)cc1)C(=O)O)OCc1ccccc1. The first-order valence-corrected chi connectivity index (χ1v) is 8.40. The molecule has 5 nitrogen and oxygen atoms in total. The van der Waals surface area contributed by atoms with Crippen molar-refractivity contribution in [3.8, 4) is 0 Å². The van der Waals surface area contributed by atoms with Gasteiger partial charge in [0.05, 0.1) is 0 Å². The number of rotatable bonds is 7. The highest BCUT2D eigenvalue weighted by Crippen LogP contribution is 2.39. The van der Waals surface area contributed by atoms with Crippen molar-refractivity contribution in [2.45, 2.75) is 37.8 Å². The summed E-state index contributed by atoms with van der Waals surface area (Å²) < 4.78 is 5.09. The van der Waals surface area contributed by atoms with E-state index in [-0.39, 0.29) is 13.0 Å². The van der Waals surface area contributed by atoms with Crippen LogP contribution in [0.5, 0.6) is 0 Å². The fraction of sp³-hybridized carbons (Fsp3) is 0.300. The van der Waals surface area contributed by atoms with Crippen LogP contribution in [0.3, 0.4) is 0 Å². The van der Waals surface area contributed by atoms with Crippen LogP contribution in [0.2, 0.25) is 0 Å². The van der Waals surface area contributed by atoms with E-state index in [0.29, 0.717) is 5.92 Å². The zero-order valence-corrected chi connectivity index (χ0v) is 13.9. The normalized spacial score (nSPS) is 14.6. The summed E-state index contributed by atoms with van der Waals surface area (Å²) in [5.41, 5.74) is 3.02. The summed E-state index contributed by atoms with van der Waals surface area (Å²) in [5, 5.41) is 11.8. The number of carbonyl (C=O) groups excluding carboxylic acids is 1. The van der Waals surface area contributed by atoms with E-state index < -0.39 is 18.1 Å². The summed E-state index contributed by atoms with van der Waals surface area (Å²) in [4.78, 5) is 23.3. The van der Waals surface area contributed by atoms with E-state index in [1.807, 2.05) is 54.6 Å². The van der Waals surface area contributed by atoms with E-state index in [1.165, 1.54) is 18.4 Å². The van der Waals surface area contributed by atoms with Crippen LogP contribution in [0, 0.1) is 0 Å². The van der Waals surface area contributed by atoms with Crippen LogP contribution in [0.25, 0.3) is 0 Å². The molecule has 0 saturated heterocycles. The standard InChI is InChI=1S/C20H21NO4/c22-19(23)18(12-14-6-8-16(9-7-14)17-10-11-17)21-20(24)25-13-15-4-2-1-3-5-15/h1-9,17-18H,10-13H2,(H,21,24)(H,22,23). The maximum Gasteiger partial charge on any atom is 0.408 e. The summed E-state index contributed by atoms with van der Waals surface area (Å²) in [5.74, 6) is -0.418. The van der Waals surface area contributed by atoms with Crippen molar-refractivity contribution in [1.82, 2.24) is 5.32 Å². The van der Waals surface area contributed by atoms with Crippen LogP contribution < -0.4 is 5.32 Å². The second-order valence-electron chi connectivity index (χ2n) is 6.32. The van der Waals surface area contributed by atoms with E-state index >= 15 is 0 Å². The Morgan fingerprint density at radius 1 is 1.04 bits per heavy atom. The molecule has 1 aliphatic rings. The number of carbonyl (C=O) groups is 2. The Morgan fingerprint density at radius 3 is 2.32 bits per heavy atom. The zero-order chi connectivity index (χ0) is 17.6. The second-order valence-corrected chi connectivity index (χ2v) is 6.32. The number of aliphatic carboxylic acids is 1. The van der Waals surface area contributed by atoms with Crippen molar-refractivity contribution in [3.63, 3.8) is 0 Å². The van der Waals surface area contributed by atoms with Crippen molar-refractivity contribution >= 4 is 12.1 Å². The average Bonchev–Trinajstić information content (AvgIpc) is 3.46. The first kappa shape index (κ1) is 17.0. The molecule has 0 radical (unpaired) electrons. The van der Waals surface area contributed by atoms with Crippen LogP contribution in [-0.2, 0) is 22.6 Å². The molecule has 0 bridgehead atoms. The zero-order valence-electron chi connectivity index (χ0n) is 13.9. The molecule has 5 heteroatoms. The quantitative estimate of drug-likeness (QED) is 0.810. The molecular formula is C20H21NO4. The lowest BCUT2D eigenvalue weighted by molar-refractivity contribution is -0.139. The molecule has 2 aromatic rings. The number of ether oxygens (including phenoxy) is 1. The van der Waals surface area contributed by atoms with E-state index in [2.05, 4.69) is 5.32 Å². The van der Waals surface area contributed by atoms with Crippen LogP contribution in [0.15, 0.2) is 54.6 Å². The minimum Gasteiger partial charge on any atom is -0.480 e. The smallest absolute Gasteiger partial charge is 0.408 e. The van der Waals surface area contributed by atoms with Gasteiger partial charge < -0.3 is 15.2 Å². The summed E-state index contributed by atoms with van der Waals surface area (Å²) in [6.07, 6.45) is 1.95. The number of carboxylic acid groups (broad SMARTS) is 1. The van der Waals surface area contributed by atoms with Gasteiger partial charge in [-0.3, -0.25) is 0 Å². The number of carboxylic acids is 1. The molecule has 1 unspecified atom stereocenters. The molecule has 3 rings (SSSR count). The molecule has 0 heterocycles. The lowest BCUT2D eigenvalue weighted by Crippen LogP contribution is -2.42. The lowest BCUT2D eigenvalue weighted by Gasteiger charge is -2.15. The van der Waals surface area contributed by atoms with E-state index in [4.69, 9.17) is 4.74 Å². The summed E-state index contributed by atoms with van der Waals surface area (Å²) >= 11 is 0. The van der Waals surface area contributed by atoms with Crippen LogP contribution in [-0.4, -0.2) is 23.2 Å². The predicted octanol–water partition coefficient (Wildman–Crippen LogP) is 3.49. The Balaban J connectivity index is 1.53. The molecule has 2 N–H and O–H groups in total. The molecule has 1 saturated carbocycles. The van der Waals surface area contributed by atoms with Crippen LogP contribution in [0.4, 0.5) is 4.79 Å². The van der Waals surface area contributed by atoms with Gasteiger partial charge in [0.25, 0.3) is 0 Å². The second kappa shape index (κ2) is 7.83. The Morgan fingerprint density at radius 2 is 1.72 bits per heavy atom. The molecule has 2 aromatic carbocycles. The highest BCUT2D eigenvalue weighted by molar-refractivity contribution is 5.80. The van der Waals surface area contributed by atoms with Crippen molar-refractivity contribution in [3.05, 3.63) is 71.3 Å². The van der Waals surface area contributed by atoms with Gasteiger partial charge in [-0.1, -0.05) is 54.6 Å². The van der Waals surface area contributed by atoms with Crippen molar-refractivity contribution in [1.29, 1.82) is 0 Å². The average molecular weight is 339 g/mol. The third kappa shape index (κ3) is 5.08. The number of nitrogens with one attached hydrogen (secondary N) is 1. The fourth-order valence-corrected chi connectivity index (χ4v) is 2.69. The first-order valence-electron chi connectivity index (χ1n) is 8.40. The molecule has 130 valence electrons. The Kier molecular flexibility index (Phi) is 5.33. The van der Waals surface area contributed by atoms with Crippen molar-refractivity contribution in [2.24, 2.45) is 0 Å². The Bertz CT molecular complexity index is 723. The maximum absolute atomic E-state index is 11.9.